The minimum absolute atomic E-state index is 0. The Hall–Kier alpha value is -1.17. The Morgan fingerprint density at radius 2 is 2.00 bits per heavy atom. The van der Waals surface area contributed by atoms with Crippen molar-refractivity contribution in [2.24, 2.45) is 5.73 Å². The van der Waals surface area contributed by atoms with Gasteiger partial charge in [-0.05, 0) is 18.9 Å². The maximum Gasteiger partial charge on any atom is 0.242 e. The van der Waals surface area contributed by atoms with Crippen molar-refractivity contribution in [1.82, 2.24) is 4.90 Å². The van der Waals surface area contributed by atoms with Gasteiger partial charge >= 0.3 is 0 Å². The van der Waals surface area contributed by atoms with Crippen LogP contribution >= 0.6 is 12.4 Å². The van der Waals surface area contributed by atoms with Crippen LogP contribution in [-0.2, 0) is 9.53 Å². The van der Waals surface area contributed by atoms with Crippen molar-refractivity contribution in [2.75, 3.05) is 19.7 Å². The monoisotopic (exact) mass is 328 g/mol. The number of amides is 1. The van der Waals surface area contributed by atoms with Crippen molar-refractivity contribution in [3.8, 4) is 0 Å². The predicted octanol–water partition coefficient (Wildman–Crippen LogP) is 2.42. The Bertz CT molecular complexity index is 535. The highest BCUT2D eigenvalue weighted by molar-refractivity contribution is 5.86. The van der Waals surface area contributed by atoms with Gasteiger partial charge in [0.2, 0.25) is 5.91 Å². The van der Waals surface area contributed by atoms with Crippen LogP contribution in [0.3, 0.4) is 0 Å². The van der Waals surface area contributed by atoms with Crippen molar-refractivity contribution >= 4 is 18.3 Å². The molecule has 6 heteroatoms. The van der Waals surface area contributed by atoms with Crippen LogP contribution in [0.25, 0.3) is 0 Å². The fourth-order valence-electron chi connectivity index (χ4n) is 3.29. The third-order valence-electron chi connectivity index (χ3n) is 4.53. The summed E-state index contributed by atoms with van der Waals surface area (Å²) in [5.74, 6) is -0.301. The number of nitrogens with zero attached hydrogens (tertiary/aromatic N) is 1. The molecule has 0 radical (unpaired) electrons. The van der Waals surface area contributed by atoms with Crippen molar-refractivity contribution < 1.29 is 13.9 Å². The largest absolute Gasteiger partial charge is 0.370 e. The first-order chi connectivity index (χ1) is 10.1. The lowest BCUT2D eigenvalue weighted by molar-refractivity contribution is -0.144. The van der Waals surface area contributed by atoms with Crippen LogP contribution in [0, 0.1) is 5.82 Å². The number of halogens is 2. The lowest BCUT2D eigenvalue weighted by Crippen LogP contribution is -2.56. The van der Waals surface area contributed by atoms with E-state index < -0.39 is 11.6 Å². The molecule has 122 valence electrons. The van der Waals surface area contributed by atoms with E-state index >= 15 is 0 Å². The zero-order valence-electron chi connectivity index (χ0n) is 12.5. The van der Waals surface area contributed by atoms with Crippen molar-refractivity contribution in [2.45, 2.75) is 37.3 Å². The first-order valence-electron chi connectivity index (χ1n) is 7.54. The number of hydrogen-bond donors (Lipinski definition) is 1. The van der Waals surface area contributed by atoms with Crippen LogP contribution in [0.5, 0.6) is 0 Å². The molecule has 1 heterocycles. The lowest BCUT2D eigenvalue weighted by atomic mass is 9.96. The van der Waals surface area contributed by atoms with Gasteiger partial charge in [-0.25, -0.2) is 4.39 Å². The van der Waals surface area contributed by atoms with E-state index in [1.54, 1.807) is 23.1 Å². The van der Waals surface area contributed by atoms with E-state index in [1.165, 1.54) is 6.07 Å². The number of hydrogen-bond acceptors (Lipinski definition) is 3. The summed E-state index contributed by atoms with van der Waals surface area (Å²) in [6.45, 7) is 1.32. The second-order valence-electron chi connectivity index (χ2n) is 6.00. The summed E-state index contributed by atoms with van der Waals surface area (Å²) in [7, 11) is 0. The second kappa shape index (κ2) is 6.94. The van der Waals surface area contributed by atoms with Gasteiger partial charge in [0.05, 0.1) is 18.7 Å². The van der Waals surface area contributed by atoms with E-state index in [0.29, 0.717) is 25.3 Å². The van der Waals surface area contributed by atoms with Gasteiger partial charge in [-0.15, -0.1) is 12.4 Å². The number of rotatable bonds is 2. The SMILES string of the molecule is Cl.NC1(C(=O)N2CCOC(c3ccccc3F)C2)CCCC1. The first-order valence-corrected chi connectivity index (χ1v) is 7.54. The van der Waals surface area contributed by atoms with Gasteiger partial charge in [-0.1, -0.05) is 31.0 Å². The second-order valence-corrected chi connectivity index (χ2v) is 6.00. The maximum absolute atomic E-state index is 13.9. The summed E-state index contributed by atoms with van der Waals surface area (Å²) in [6.07, 6.45) is 3.09. The van der Waals surface area contributed by atoms with Crippen molar-refractivity contribution in [3.05, 3.63) is 35.6 Å². The molecule has 0 aromatic heterocycles. The molecule has 1 saturated carbocycles. The topological polar surface area (TPSA) is 55.6 Å². The highest BCUT2D eigenvalue weighted by atomic mass is 35.5. The normalized spacial score (nSPS) is 23.9. The van der Waals surface area contributed by atoms with E-state index in [4.69, 9.17) is 10.5 Å². The van der Waals surface area contributed by atoms with Gasteiger partial charge in [0.15, 0.2) is 0 Å². The van der Waals surface area contributed by atoms with Crippen LogP contribution < -0.4 is 5.73 Å². The highest BCUT2D eigenvalue weighted by Gasteiger charge is 2.41. The van der Waals surface area contributed by atoms with Gasteiger partial charge in [-0.3, -0.25) is 4.79 Å². The van der Waals surface area contributed by atoms with Gasteiger partial charge in [0.1, 0.15) is 11.9 Å². The molecule has 22 heavy (non-hydrogen) atoms. The van der Waals surface area contributed by atoms with Crippen LogP contribution in [0.15, 0.2) is 24.3 Å². The number of morpholine rings is 1. The maximum atomic E-state index is 13.9. The molecule has 2 fully saturated rings. The van der Waals surface area contributed by atoms with E-state index in [9.17, 15) is 9.18 Å². The minimum Gasteiger partial charge on any atom is -0.370 e. The first kappa shape index (κ1) is 17.2. The smallest absolute Gasteiger partial charge is 0.242 e. The highest BCUT2D eigenvalue weighted by Crippen LogP contribution is 2.31. The van der Waals surface area contributed by atoms with E-state index in [1.807, 2.05) is 0 Å². The Morgan fingerprint density at radius 1 is 1.32 bits per heavy atom. The molecular formula is C16H22ClFN2O2. The summed E-state index contributed by atoms with van der Waals surface area (Å²) >= 11 is 0. The summed E-state index contributed by atoms with van der Waals surface area (Å²) < 4.78 is 19.5. The molecule has 0 bridgehead atoms. The molecule has 1 aliphatic carbocycles. The molecule has 3 rings (SSSR count). The fraction of sp³-hybridized carbons (Fsp3) is 0.562. The molecular weight excluding hydrogens is 307 g/mol. The lowest BCUT2D eigenvalue weighted by Gasteiger charge is -2.37. The van der Waals surface area contributed by atoms with E-state index in [-0.39, 0.29) is 24.1 Å². The summed E-state index contributed by atoms with van der Waals surface area (Å²) in [4.78, 5) is 14.4. The van der Waals surface area contributed by atoms with Crippen LogP contribution in [0.4, 0.5) is 4.39 Å². The van der Waals surface area contributed by atoms with E-state index in [2.05, 4.69) is 0 Å². The molecule has 1 unspecified atom stereocenters. The molecule has 4 nitrogen and oxygen atoms in total. The number of ether oxygens (including phenoxy) is 1. The summed E-state index contributed by atoms with van der Waals surface area (Å²) in [5, 5.41) is 0. The van der Waals surface area contributed by atoms with Gasteiger partial charge in [0.25, 0.3) is 0 Å². The van der Waals surface area contributed by atoms with Crippen molar-refractivity contribution in [1.29, 1.82) is 0 Å². The van der Waals surface area contributed by atoms with Gasteiger partial charge in [-0.2, -0.15) is 0 Å². The molecule has 1 amide bonds. The Kier molecular flexibility index (Phi) is 5.42. The Balaban J connectivity index is 0.00000176. The third kappa shape index (κ3) is 3.26. The van der Waals surface area contributed by atoms with Gasteiger partial charge < -0.3 is 15.4 Å². The molecule has 2 aliphatic rings. The number of carbonyl (C=O) groups is 1. The molecule has 2 N–H and O–H groups in total. The quantitative estimate of drug-likeness (QED) is 0.907. The third-order valence-corrected chi connectivity index (χ3v) is 4.53. The number of nitrogens with two attached hydrogens (primary N) is 1. The molecule has 0 spiro atoms. The Morgan fingerprint density at radius 3 is 2.68 bits per heavy atom. The molecule has 1 aromatic carbocycles. The van der Waals surface area contributed by atoms with Crippen LogP contribution in [0.1, 0.15) is 37.4 Å². The van der Waals surface area contributed by atoms with Crippen molar-refractivity contribution in [3.63, 3.8) is 0 Å². The van der Waals surface area contributed by atoms with Crippen LogP contribution in [0.2, 0.25) is 0 Å². The minimum atomic E-state index is -0.725. The van der Waals surface area contributed by atoms with E-state index in [0.717, 1.165) is 25.7 Å². The molecule has 1 saturated heterocycles. The average Bonchev–Trinajstić information content (AvgIpc) is 2.95. The van der Waals surface area contributed by atoms with Crippen LogP contribution in [-0.4, -0.2) is 36.0 Å². The zero-order chi connectivity index (χ0) is 14.9. The molecule has 1 atom stereocenters. The standard InChI is InChI=1S/C16H21FN2O2.ClH/c17-13-6-2-1-5-12(13)14-11-19(9-10-21-14)15(20)16(18)7-3-4-8-16;/h1-2,5-6,14H,3-4,7-11,18H2;1H. The van der Waals surface area contributed by atoms with Gasteiger partial charge in [0, 0.05) is 12.1 Å². The molecule has 1 aromatic rings. The number of benzene rings is 1. The zero-order valence-corrected chi connectivity index (χ0v) is 13.3. The summed E-state index contributed by atoms with van der Waals surface area (Å²) in [5.41, 5.74) is 6.02. The summed E-state index contributed by atoms with van der Waals surface area (Å²) in [6, 6.07) is 6.56. The molecule has 1 aliphatic heterocycles. The average molecular weight is 329 g/mol. The fourth-order valence-corrected chi connectivity index (χ4v) is 3.29. The predicted molar refractivity (Wildman–Crippen MR) is 84.3 cm³/mol. The number of carbonyl (C=O) groups excluding carboxylic acids is 1. The Labute approximate surface area is 136 Å².